The van der Waals surface area contributed by atoms with Crippen molar-refractivity contribution in [1.29, 1.82) is 0 Å². The molecule has 0 spiro atoms. The van der Waals surface area contributed by atoms with Gasteiger partial charge in [0.2, 0.25) is 0 Å². The van der Waals surface area contributed by atoms with E-state index in [-0.39, 0.29) is 12.1 Å². The molecule has 2 unspecified atom stereocenters. The highest BCUT2D eigenvalue weighted by Gasteiger charge is 2.25. The minimum Gasteiger partial charge on any atom is -0.496 e. The molecule has 0 aliphatic carbocycles. The van der Waals surface area contributed by atoms with E-state index in [4.69, 9.17) is 9.47 Å². The molecule has 3 nitrogen and oxygen atoms in total. The van der Waals surface area contributed by atoms with E-state index in [2.05, 4.69) is 32.2 Å². The van der Waals surface area contributed by atoms with Crippen molar-refractivity contribution in [2.45, 2.75) is 58.6 Å². The van der Waals surface area contributed by atoms with Crippen molar-refractivity contribution >= 4 is 0 Å². The van der Waals surface area contributed by atoms with Gasteiger partial charge in [0.1, 0.15) is 5.76 Å². The van der Waals surface area contributed by atoms with Crippen molar-refractivity contribution in [3.8, 4) is 0 Å². The molecule has 100 valence electrons. The van der Waals surface area contributed by atoms with Crippen LogP contribution in [0.25, 0.3) is 0 Å². The summed E-state index contributed by atoms with van der Waals surface area (Å²) in [6, 6.07) is 0.222. The van der Waals surface area contributed by atoms with E-state index >= 15 is 0 Å². The average Bonchev–Trinajstić information content (AvgIpc) is 2.39. The first kappa shape index (κ1) is 14.5. The first-order chi connectivity index (χ1) is 8.33. The molecule has 0 fully saturated rings. The van der Waals surface area contributed by atoms with E-state index in [0.29, 0.717) is 0 Å². The molecule has 0 saturated carbocycles. The fourth-order valence-electron chi connectivity index (χ4n) is 2.17. The Labute approximate surface area is 106 Å². The van der Waals surface area contributed by atoms with E-state index in [9.17, 15) is 0 Å². The molecule has 1 aliphatic heterocycles. The second-order valence-electron chi connectivity index (χ2n) is 4.43. The largest absolute Gasteiger partial charge is 0.496 e. The predicted octanol–water partition coefficient (Wildman–Crippen LogP) is 2.86. The Bertz CT molecular complexity index is 228. The molecule has 0 aromatic heterocycles. The van der Waals surface area contributed by atoms with Gasteiger partial charge in [0, 0.05) is 6.61 Å². The molecule has 17 heavy (non-hydrogen) atoms. The SMILES string of the molecule is CCCNC(C1=CCCCO1)C(CC)OCC. The van der Waals surface area contributed by atoms with E-state index < -0.39 is 0 Å². The Hall–Kier alpha value is -0.540. The van der Waals surface area contributed by atoms with Crippen LogP contribution in [0, 0.1) is 0 Å². The van der Waals surface area contributed by atoms with Crippen LogP contribution in [0.2, 0.25) is 0 Å². The van der Waals surface area contributed by atoms with Crippen LogP contribution in [0.5, 0.6) is 0 Å². The molecule has 0 aromatic carbocycles. The zero-order valence-corrected chi connectivity index (χ0v) is 11.5. The first-order valence-corrected chi connectivity index (χ1v) is 7.01. The third-order valence-electron chi connectivity index (χ3n) is 3.04. The summed E-state index contributed by atoms with van der Waals surface area (Å²) in [6.45, 7) is 9.02. The highest BCUT2D eigenvalue weighted by molar-refractivity contribution is 5.08. The van der Waals surface area contributed by atoms with Gasteiger partial charge in [0.25, 0.3) is 0 Å². The molecule has 1 heterocycles. The van der Waals surface area contributed by atoms with Gasteiger partial charge in [-0.05, 0) is 45.2 Å². The average molecular weight is 241 g/mol. The highest BCUT2D eigenvalue weighted by Crippen LogP contribution is 2.19. The fraction of sp³-hybridized carbons (Fsp3) is 0.857. The van der Waals surface area contributed by atoms with Crippen LogP contribution in [-0.4, -0.2) is 31.9 Å². The number of nitrogens with one attached hydrogen (secondary N) is 1. The third-order valence-corrected chi connectivity index (χ3v) is 3.04. The van der Waals surface area contributed by atoms with Crippen LogP contribution >= 0.6 is 0 Å². The standard InChI is InChI=1S/C14H27NO2/c1-4-10-15-14(12(5-2)16-6-3)13-9-7-8-11-17-13/h9,12,14-15H,4-8,10-11H2,1-3H3. The lowest BCUT2D eigenvalue weighted by molar-refractivity contribution is 0.0208. The maximum absolute atomic E-state index is 5.82. The van der Waals surface area contributed by atoms with Crippen molar-refractivity contribution < 1.29 is 9.47 Å². The number of hydrogen-bond acceptors (Lipinski definition) is 3. The normalized spacial score (nSPS) is 19.4. The Morgan fingerprint density at radius 2 is 2.24 bits per heavy atom. The van der Waals surface area contributed by atoms with Crippen molar-refractivity contribution in [3.63, 3.8) is 0 Å². The molecule has 0 radical (unpaired) electrons. The van der Waals surface area contributed by atoms with Crippen LogP contribution in [0.1, 0.15) is 46.5 Å². The Morgan fingerprint density at radius 1 is 1.41 bits per heavy atom. The Morgan fingerprint density at radius 3 is 2.76 bits per heavy atom. The van der Waals surface area contributed by atoms with Gasteiger partial charge in [-0.1, -0.05) is 13.8 Å². The Balaban J connectivity index is 2.65. The quantitative estimate of drug-likeness (QED) is 0.709. The van der Waals surface area contributed by atoms with Crippen molar-refractivity contribution in [2.24, 2.45) is 0 Å². The maximum Gasteiger partial charge on any atom is 0.112 e. The van der Waals surface area contributed by atoms with E-state index in [1.165, 1.54) is 0 Å². The number of hydrogen-bond donors (Lipinski definition) is 1. The number of ether oxygens (including phenoxy) is 2. The van der Waals surface area contributed by atoms with E-state index in [1.807, 2.05) is 0 Å². The van der Waals surface area contributed by atoms with Gasteiger partial charge < -0.3 is 14.8 Å². The summed E-state index contributed by atoms with van der Waals surface area (Å²) >= 11 is 0. The minimum absolute atomic E-state index is 0.218. The predicted molar refractivity (Wildman–Crippen MR) is 71.1 cm³/mol. The summed E-state index contributed by atoms with van der Waals surface area (Å²) in [5.41, 5.74) is 0. The van der Waals surface area contributed by atoms with Gasteiger partial charge in [-0.2, -0.15) is 0 Å². The molecule has 2 atom stereocenters. The summed E-state index contributed by atoms with van der Waals surface area (Å²) in [5.74, 6) is 1.09. The molecule has 1 N–H and O–H groups in total. The minimum atomic E-state index is 0.218. The molecule has 0 bridgehead atoms. The Kier molecular flexibility index (Phi) is 7.29. The van der Waals surface area contributed by atoms with Gasteiger partial charge >= 0.3 is 0 Å². The summed E-state index contributed by atoms with van der Waals surface area (Å²) in [5, 5.41) is 3.56. The second kappa shape index (κ2) is 8.54. The van der Waals surface area contributed by atoms with Crippen LogP contribution < -0.4 is 5.32 Å². The fourth-order valence-corrected chi connectivity index (χ4v) is 2.17. The zero-order valence-electron chi connectivity index (χ0n) is 11.5. The van der Waals surface area contributed by atoms with E-state index in [0.717, 1.165) is 51.2 Å². The third kappa shape index (κ3) is 4.68. The lowest BCUT2D eigenvalue weighted by Crippen LogP contribution is -2.44. The number of rotatable bonds is 8. The van der Waals surface area contributed by atoms with Crippen molar-refractivity contribution in [2.75, 3.05) is 19.8 Å². The molecule has 0 saturated heterocycles. The van der Waals surface area contributed by atoms with Crippen LogP contribution in [-0.2, 0) is 9.47 Å². The van der Waals surface area contributed by atoms with Crippen LogP contribution in [0.3, 0.4) is 0 Å². The highest BCUT2D eigenvalue weighted by atomic mass is 16.5. The van der Waals surface area contributed by atoms with Crippen LogP contribution in [0.15, 0.2) is 11.8 Å². The maximum atomic E-state index is 5.82. The lowest BCUT2D eigenvalue weighted by atomic mass is 10.0. The molecule has 0 amide bonds. The van der Waals surface area contributed by atoms with Gasteiger partial charge in [-0.3, -0.25) is 0 Å². The smallest absolute Gasteiger partial charge is 0.112 e. The van der Waals surface area contributed by atoms with Crippen LogP contribution in [0.4, 0.5) is 0 Å². The monoisotopic (exact) mass is 241 g/mol. The van der Waals surface area contributed by atoms with Gasteiger partial charge in [0.05, 0.1) is 18.8 Å². The number of allylic oxidation sites excluding steroid dienone is 1. The molecule has 0 aromatic rings. The molecular weight excluding hydrogens is 214 g/mol. The van der Waals surface area contributed by atoms with Gasteiger partial charge in [-0.25, -0.2) is 0 Å². The lowest BCUT2D eigenvalue weighted by Gasteiger charge is -2.30. The van der Waals surface area contributed by atoms with Gasteiger partial charge in [-0.15, -0.1) is 0 Å². The second-order valence-corrected chi connectivity index (χ2v) is 4.43. The summed E-state index contributed by atoms with van der Waals surface area (Å²) < 4.78 is 11.6. The van der Waals surface area contributed by atoms with E-state index in [1.54, 1.807) is 0 Å². The zero-order chi connectivity index (χ0) is 12.5. The summed E-state index contributed by atoms with van der Waals surface area (Å²) in [6.07, 6.45) is 6.84. The molecule has 1 aliphatic rings. The summed E-state index contributed by atoms with van der Waals surface area (Å²) in [7, 11) is 0. The molecule has 1 rings (SSSR count). The molecule has 3 heteroatoms. The topological polar surface area (TPSA) is 30.5 Å². The summed E-state index contributed by atoms with van der Waals surface area (Å²) in [4.78, 5) is 0. The molecular formula is C14H27NO2. The first-order valence-electron chi connectivity index (χ1n) is 7.01. The van der Waals surface area contributed by atoms with Gasteiger partial charge in [0.15, 0.2) is 0 Å². The van der Waals surface area contributed by atoms with Crippen molar-refractivity contribution in [3.05, 3.63) is 11.8 Å². The van der Waals surface area contributed by atoms with Crippen molar-refractivity contribution in [1.82, 2.24) is 5.32 Å².